The van der Waals surface area contributed by atoms with E-state index in [1.165, 1.54) is 0 Å². The topological polar surface area (TPSA) is 117 Å². The zero-order valence-electron chi connectivity index (χ0n) is 15.0. The van der Waals surface area contributed by atoms with Crippen molar-refractivity contribution in [3.8, 4) is 0 Å². The van der Waals surface area contributed by atoms with Crippen molar-refractivity contribution >= 4 is 17.1 Å². The molecule has 27 heavy (non-hydrogen) atoms. The molecule has 0 aliphatic rings. The van der Waals surface area contributed by atoms with Crippen LogP contribution in [0.15, 0.2) is 109 Å². The van der Waals surface area contributed by atoms with Crippen LogP contribution >= 0.6 is 0 Å². The van der Waals surface area contributed by atoms with Crippen molar-refractivity contribution in [3.05, 3.63) is 109 Å². The molecule has 0 aliphatic carbocycles. The smallest absolute Gasteiger partial charge is 0.0529 e. The minimum atomic E-state index is 0.822. The maximum Gasteiger partial charge on any atom is 0.0529 e. The molecule has 0 atom stereocenters. The van der Waals surface area contributed by atoms with E-state index in [0.29, 0.717) is 0 Å². The molecule has 0 bridgehead atoms. The summed E-state index contributed by atoms with van der Waals surface area (Å²) in [6, 6.07) is 30.2. The Bertz CT molecular complexity index is 681. The van der Waals surface area contributed by atoms with Crippen LogP contribution in [0.2, 0.25) is 0 Å². The van der Waals surface area contributed by atoms with E-state index >= 15 is 0 Å². The van der Waals surface area contributed by atoms with E-state index < -0.39 is 0 Å². The number of aromatic nitrogens is 3. The summed E-state index contributed by atoms with van der Waals surface area (Å²) in [6.45, 7) is 0. The molecule has 0 spiro atoms. The zero-order chi connectivity index (χ0) is 19.6. The van der Waals surface area contributed by atoms with Crippen LogP contribution in [-0.4, -0.2) is 15.4 Å². The number of nitrogen functional groups attached to an aromatic ring is 3. The molecule has 138 valence electrons. The maximum absolute atomic E-state index is 5.36. The van der Waals surface area contributed by atoms with Gasteiger partial charge in [0, 0.05) is 17.1 Å². The van der Waals surface area contributed by atoms with Gasteiger partial charge in [-0.2, -0.15) is 0 Å². The molecule has 3 aromatic carbocycles. The number of para-hydroxylation sites is 3. The van der Waals surface area contributed by atoms with Crippen LogP contribution in [0.4, 0.5) is 17.1 Å². The second-order valence-electron chi connectivity index (χ2n) is 5.04. The largest absolute Gasteiger partial charge is 0.399 e. The zero-order valence-corrected chi connectivity index (χ0v) is 15.0. The average Bonchev–Trinajstić information content (AvgIpc) is 2.73. The van der Waals surface area contributed by atoms with Gasteiger partial charge in [-0.25, -0.2) is 0 Å². The lowest BCUT2D eigenvalue weighted by Gasteiger charge is -1.83. The van der Waals surface area contributed by atoms with E-state index in [0.717, 1.165) is 17.1 Å². The Labute approximate surface area is 159 Å². The number of rotatable bonds is 0. The second kappa shape index (κ2) is 14.4. The van der Waals surface area contributed by atoms with Gasteiger partial charge < -0.3 is 17.2 Å². The quantitative estimate of drug-likeness (QED) is 0.412. The van der Waals surface area contributed by atoms with Gasteiger partial charge in [0.05, 0.1) is 12.4 Å². The summed E-state index contributed by atoms with van der Waals surface area (Å²) < 4.78 is 0. The SMILES string of the molecule is Nc1ccccc1.Nc1ccccc1.Nc1ccccc1.c1cnnnc1. The number of nitrogens with two attached hydrogens (primary N) is 3. The lowest BCUT2D eigenvalue weighted by atomic mass is 10.3. The molecule has 0 saturated carbocycles. The van der Waals surface area contributed by atoms with Gasteiger partial charge in [0.1, 0.15) is 0 Å². The minimum absolute atomic E-state index is 0.822. The molecule has 6 nitrogen and oxygen atoms in total. The molecule has 4 rings (SSSR count). The first-order valence-electron chi connectivity index (χ1n) is 8.18. The van der Waals surface area contributed by atoms with Gasteiger partial charge in [-0.15, -0.1) is 10.2 Å². The van der Waals surface area contributed by atoms with Crippen LogP contribution in [0.5, 0.6) is 0 Å². The molecule has 0 fully saturated rings. The fourth-order valence-corrected chi connectivity index (χ4v) is 1.56. The van der Waals surface area contributed by atoms with E-state index in [4.69, 9.17) is 17.2 Å². The number of anilines is 3. The number of hydrogen-bond donors (Lipinski definition) is 3. The molecule has 4 aromatic rings. The highest BCUT2D eigenvalue weighted by Crippen LogP contribution is 1.97. The summed E-state index contributed by atoms with van der Waals surface area (Å²) in [5, 5.41) is 10.1. The van der Waals surface area contributed by atoms with E-state index in [2.05, 4.69) is 15.4 Å². The maximum atomic E-state index is 5.36. The normalized spacial score (nSPS) is 8.44. The lowest BCUT2D eigenvalue weighted by molar-refractivity contribution is 0.865. The Morgan fingerprint density at radius 1 is 0.407 bits per heavy atom. The van der Waals surface area contributed by atoms with Crippen molar-refractivity contribution in [2.75, 3.05) is 17.2 Å². The third-order valence-corrected chi connectivity index (χ3v) is 2.81. The Morgan fingerprint density at radius 3 is 0.815 bits per heavy atom. The summed E-state index contributed by atoms with van der Waals surface area (Å²) in [4.78, 5) is 0. The number of hydrogen-bond acceptors (Lipinski definition) is 6. The van der Waals surface area contributed by atoms with Crippen LogP contribution in [-0.2, 0) is 0 Å². The van der Waals surface area contributed by atoms with E-state index in [1.54, 1.807) is 18.5 Å². The molecule has 0 unspecified atom stereocenters. The standard InChI is InChI=1S/3C6H7N.C3H3N3/c3*7-6-4-2-1-3-5-6;1-2-4-6-5-3-1/h3*1-5H,7H2;1-3H. The molecule has 1 aromatic heterocycles. The molecule has 6 N–H and O–H groups in total. The van der Waals surface area contributed by atoms with Crippen molar-refractivity contribution in [1.29, 1.82) is 0 Å². The Morgan fingerprint density at radius 2 is 0.704 bits per heavy atom. The predicted molar refractivity (Wildman–Crippen MR) is 112 cm³/mol. The molecular formula is C21H24N6. The highest BCUT2D eigenvalue weighted by atomic mass is 15.3. The highest BCUT2D eigenvalue weighted by molar-refractivity contribution is 5.37. The van der Waals surface area contributed by atoms with Crippen molar-refractivity contribution in [2.45, 2.75) is 0 Å². The van der Waals surface area contributed by atoms with Crippen molar-refractivity contribution in [2.24, 2.45) is 0 Å². The minimum Gasteiger partial charge on any atom is -0.399 e. The summed E-state index contributed by atoms with van der Waals surface area (Å²) in [6.07, 6.45) is 3.15. The van der Waals surface area contributed by atoms with Gasteiger partial charge in [-0.3, -0.25) is 0 Å². The Hall–Kier alpha value is -3.93. The first kappa shape index (κ1) is 21.1. The summed E-state index contributed by atoms with van der Waals surface area (Å²) >= 11 is 0. The van der Waals surface area contributed by atoms with Crippen LogP contribution in [0.25, 0.3) is 0 Å². The van der Waals surface area contributed by atoms with Crippen LogP contribution in [0, 0.1) is 0 Å². The third kappa shape index (κ3) is 13.1. The van der Waals surface area contributed by atoms with Gasteiger partial charge in [0.15, 0.2) is 0 Å². The Balaban J connectivity index is 0.000000180. The van der Waals surface area contributed by atoms with Crippen molar-refractivity contribution in [1.82, 2.24) is 15.4 Å². The van der Waals surface area contributed by atoms with Crippen LogP contribution < -0.4 is 17.2 Å². The van der Waals surface area contributed by atoms with Crippen LogP contribution in [0.1, 0.15) is 0 Å². The highest BCUT2D eigenvalue weighted by Gasteiger charge is 1.73. The first-order valence-corrected chi connectivity index (χ1v) is 8.18. The second-order valence-corrected chi connectivity index (χ2v) is 5.04. The molecular weight excluding hydrogens is 336 g/mol. The van der Waals surface area contributed by atoms with Crippen molar-refractivity contribution < 1.29 is 0 Å². The fraction of sp³-hybridized carbons (Fsp3) is 0. The lowest BCUT2D eigenvalue weighted by Crippen LogP contribution is -1.79. The molecule has 1 heterocycles. The van der Waals surface area contributed by atoms with Gasteiger partial charge in [0.2, 0.25) is 0 Å². The molecule has 0 radical (unpaired) electrons. The Kier molecular flexibility index (Phi) is 11.3. The third-order valence-electron chi connectivity index (χ3n) is 2.81. The van der Waals surface area contributed by atoms with Gasteiger partial charge in [-0.05, 0) is 47.7 Å². The summed E-state index contributed by atoms with van der Waals surface area (Å²) in [5.41, 5.74) is 18.5. The van der Waals surface area contributed by atoms with Crippen molar-refractivity contribution in [3.63, 3.8) is 0 Å². The van der Waals surface area contributed by atoms with Gasteiger partial charge in [-0.1, -0.05) is 54.6 Å². The molecule has 0 saturated heterocycles. The predicted octanol–water partition coefficient (Wildman–Crippen LogP) is 3.68. The van der Waals surface area contributed by atoms with Gasteiger partial charge >= 0.3 is 0 Å². The molecule has 6 heteroatoms. The fourth-order valence-electron chi connectivity index (χ4n) is 1.56. The number of benzene rings is 3. The monoisotopic (exact) mass is 360 g/mol. The van der Waals surface area contributed by atoms with E-state index in [1.807, 2.05) is 91.0 Å². The van der Waals surface area contributed by atoms with Gasteiger partial charge in [0.25, 0.3) is 0 Å². The van der Waals surface area contributed by atoms with E-state index in [9.17, 15) is 0 Å². The summed E-state index contributed by atoms with van der Waals surface area (Å²) in [5.74, 6) is 0. The first-order chi connectivity index (χ1) is 13.2. The average molecular weight is 360 g/mol. The molecule has 0 amide bonds. The number of nitrogens with zero attached hydrogens (tertiary/aromatic N) is 3. The van der Waals surface area contributed by atoms with Crippen LogP contribution in [0.3, 0.4) is 0 Å². The summed E-state index contributed by atoms with van der Waals surface area (Å²) in [7, 11) is 0. The molecule has 0 aliphatic heterocycles. The van der Waals surface area contributed by atoms with E-state index in [-0.39, 0.29) is 0 Å².